The Bertz CT molecular complexity index is 472. The highest BCUT2D eigenvalue weighted by molar-refractivity contribution is 8.06. The molecule has 1 aromatic rings. The zero-order valence-corrected chi connectivity index (χ0v) is 9.18. The Kier molecular flexibility index (Phi) is 2.76. The lowest BCUT2D eigenvalue weighted by atomic mass is 10.2. The normalized spacial score (nSPS) is 11.4. The summed E-state index contributed by atoms with van der Waals surface area (Å²) in [6.07, 6.45) is 0. The number of carbonyl (C=O) groups is 1. The van der Waals surface area contributed by atoms with Gasteiger partial charge in [0.25, 0.3) is 0 Å². The molecule has 4 heteroatoms. The fourth-order valence-corrected chi connectivity index (χ4v) is 2.30. The molecule has 0 aliphatic carbocycles. The van der Waals surface area contributed by atoms with E-state index in [-0.39, 0.29) is 4.90 Å². The zero-order valence-electron chi connectivity index (χ0n) is 8.37. The van der Waals surface area contributed by atoms with Crippen molar-refractivity contribution in [2.24, 2.45) is 0 Å². The molecule has 0 unspecified atom stereocenters. The van der Waals surface area contributed by atoms with Gasteiger partial charge in [0.2, 0.25) is 15.0 Å². The van der Waals surface area contributed by atoms with Crippen molar-refractivity contribution in [3.05, 3.63) is 29.3 Å². The molecule has 0 bridgehead atoms. The first-order valence-corrected chi connectivity index (χ1v) is 5.67. The maximum Gasteiger partial charge on any atom is 0.248 e. The van der Waals surface area contributed by atoms with Gasteiger partial charge in [-0.05, 0) is 25.5 Å². The topological polar surface area (TPSA) is 51.2 Å². The monoisotopic (exact) mass is 212 g/mol. The highest BCUT2D eigenvalue weighted by Crippen LogP contribution is 2.18. The van der Waals surface area contributed by atoms with E-state index in [1.54, 1.807) is 19.1 Å². The Morgan fingerprint density at radius 1 is 1.21 bits per heavy atom. The molecule has 0 aromatic heterocycles. The molecule has 0 fully saturated rings. The average Bonchev–Trinajstić information content (AvgIpc) is 2.02. The van der Waals surface area contributed by atoms with Crippen molar-refractivity contribution in [1.82, 2.24) is 0 Å². The Labute approximate surface area is 83.7 Å². The summed E-state index contributed by atoms with van der Waals surface area (Å²) in [5.74, 6) is 0. The molecule has 0 saturated heterocycles. The van der Waals surface area contributed by atoms with Crippen molar-refractivity contribution in [1.29, 1.82) is 0 Å². The molecule has 0 atom stereocenters. The lowest BCUT2D eigenvalue weighted by Crippen LogP contribution is -2.12. The van der Waals surface area contributed by atoms with Gasteiger partial charge in [0.1, 0.15) is 0 Å². The van der Waals surface area contributed by atoms with Crippen LogP contribution in [0.15, 0.2) is 23.1 Å². The summed E-state index contributed by atoms with van der Waals surface area (Å²) in [6, 6.07) is 4.90. The maximum atomic E-state index is 11.5. The number of benzene rings is 1. The molecule has 14 heavy (non-hydrogen) atoms. The van der Waals surface area contributed by atoms with E-state index in [2.05, 4.69) is 0 Å². The van der Waals surface area contributed by atoms with Crippen LogP contribution in [0, 0.1) is 13.8 Å². The van der Waals surface area contributed by atoms with E-state index in [1.165, 1.54) is 6.07 Å². The number of sulfone groups is 1. The van der Waals surface area contributed by atoms with Crippen molar-refractivity contribution in [2.75, 3.05) is 0 Å². The first kappa shape index (κ1) is 10.9. The van der Waals surface area contributed by atoms with E-state index in [9.17, 15) is 13.2 Å². The Morgan fingerprint density at radius 2 is 1.79 bits per heavy atom. The SMILES string of the molecule is CC(=O)S(=O)(=O)c1ccc(C)cc1C. The Hall–Kier alpha value is -1.16. The molecule has 1 aromatic carbocycles. The van der Waals surface area contributed by atoms with Crippen LogP contribution in [0.3, 0.4) is 0 Å². The minimum Gasteiger partial charge on any atom is -0.282 e. The predicted molar refractivity (Wildman–Crippen MR) is 53.8 cm³/mol. The smallest absolute Gasteiger partial charge is 0.248 e. The molecule has 0 radical (unpaired) electrons. The lowest BCUT2D eigenvalue weighted by molar-refractivity contribution is -0.109. The lowest BCUT2D eigenvalue weighted by Gasteiger charge is -2.04. The van der Waals surface area contributed by atoms with Crippen LogP contribution in [-0.4, -0.2) is 13.5 Å². The van der Waals surface area contributed by atoms with Crippen molar-refractivity contribution >= 4 is 15.0 Å². The van der Waals surface area contributed by atoms with Gasteiger partial charge in [0.15, 0.2) is 0 Å². The van der Waals surface area contributed by atoms with Gasteiger partial charge in [-0.25, -0.2) is 8.42 Å². The molecule has 1 rings (SSSR count). The number of hydrogen-bond acceptors (Lipinski definition) is 3. The molecule has 0 saturated carbocycles. The number of hydrogen-bond donors (Lipinski definition) is 0. The van der Waals surface area contributed by atoms with Crippen LogP contribution in [-0.2, 0) is 14.6 Å². The molecule has 0 spiro atoms. The summed E-state index contributed by atoms with van der Waals surface area (Å²) >= 11 is 0. The van der Waals surface area contributed by atoms with Gasteiger partial charge in [-0.15, -0.1) is 0 Å². The van der Waals surface area contributed by atoms with E-state index in [0.717, 1.165) is 12.5 Å². The van der Waals surface area contributed by atoms with Gasteiger partial charge < -0.3 is 0 Å². The van der Waals surface area contributed by atoms with Crippen molar-refractivity contribution < 1.29 is 13.2 Å². The molecule has 0 heterocycles. The van der Waals surface area contributed by atoms with E-state index in [1.807, 2.05) is 6.92 Å². The number of carbonyl (C=O) groups excluding carboxylic acids is 1. The van der Waals surface area contributed by atoms with E-state index in [0.29, 0.717) is 5.56 Å². The summed E-state index contributed by atoms with van der Waals surface area (Å²) in [6.45, 7) is 4.62. The van der Waals surface area contributed by atoms with Crippen LogP contribution in [0.4, 0.5) is 0 Å². The van der Waals surface area contributed by atoms with E-state index < -0.39 is 15.0 Å². The summed E-state index contributed by atoms with van der Waals surface area (Å²) in [5, 5.41) is -0.815. The summed E-state index contributed by atoms with van der Waals surface area (Å²) < 4.78 is 23.0. The van der Waals surface area contributed by atoms with Gasteiger partial charge in [-0.2, -0.15) is 0 Å². The molecular formula is C10H12O3S. The van der Waals surface area contributed by atoms with Gasteiger partial charge in [0, 0.05) is 6.92 Å². The minimum atomic E-state index is -3.76. The van der Waals surface area contributed by atoms with Gasteiger partial charge in [-0.3, -0.25) is 4.79 Å². The maximum absolute atomic E-state index is 11.5. The van der Waals surface area contributed by atoms with Crippen molar-refractivity contribution in [2.45, 2.75) is 25.7 Å². The molecule has 76 valence electrons. The Morgan fingerprint density at radius 3 is 2.21 bits per heavy atom. The fourth-order valence-electron chi connectivity index (χ4n) is 1.26. The van der Waals surface area contributed by atoms with Gasteiger partial charge >= 0.3 is 0 Å². The third-order valence-corrected chi connectivity index (χ3v) is 3.79. The zero-order chi connectivity index (χ0) is 10.9. The molecule has 0 aliphatic rings. The van der Waals surface area contributed by atoms with Crippen molar-refractivity contribution in [3.8, 4) is 0 Å². The highest BCUT2D eigenvalue weighted by Gasteiger charge is 2.21. The Balaban J connectivity index is 3.42. The largest absolute Gasteiger partial charge is 0.282 e. The van der Waals surface area contributed by atoms with Crippen LogP contribution in [0.5, 0.6) is 0 Å². The quantitative estimate of drug-likeness (QED) is 0.710. The first-order chi connectivity index (χ1) is 6.35. The van der Waals surface area contributed by atoms with E-state index >= 15 is 0 Å². The molecule has 3 nitrogen and oxygen atoms in total. The highest BCUT2D eigenvalue weighted by atomic mass is 32.2. The average molecular weight is 212 g/mol. The molecule has 0 N–H and O–H groups in total. The van der Waals surface area contributed by atoms with Crippen molar-refractivity contribution in [3.63, 3.8) is 0 Å². The first-order valence-electron chi connectivity index (χ1n) is 4.18. The van der Waals surface area contributed by atoms with Crippen LogP contribution in [0.2, 0.25) is 0 Å². The molecule has 0 aliphatic heterocycles. The molecule has 0 amide bonds. The summed E-state index contributed by atoms with van der Waals surface area (Å²) in [7, 11) is -3.76. The number of rotatable bonds is 1. The second-order valence-electron chi connectivity index (χ2n) is 3.26. The standard InChI is InChI=1S/C10H12O3S/c1-7-4-5-10(8(2)6-7)14(12,13)9(3)11/h4-6H,1-3H3. The number of aryl methyl sites for hydroxylation is 2. The van der Waals surface area contributed by atoms with E-state index in [4.69, 9.17) is 0 Å². The van der Waals surface area contributed by atoms with Gasteiger partial charge in [0.05, 0.1) is 4.90 Å². The van der Waals surface area contributed by atoms with Crippen LogP contribution >= 0.6 is 0 Å². The van der Waals surface area contributed by atoms with Crippen LogP contribution < -0.4 is 0 Å². The predicted octanol–water partition coefficient (Wildman–Crippen LogP) is 1.62. The van der Waals surface area contributed by atoms with Crippen LogP contribution in [0.1, 0.15) is 18.1 Å². The third kappa shape index (κ3) is 1.85. The third-order valence-electron chi connectivity index (χ3n) is 2.00. The van der Waals surface area contributed by atoms with Crippen LogP contribution in [0.25, 0.3) is 0 Å². The molecular weight excluding hydrogens is 200 g/mol. The fraction of sp³-hybridized carbons (Fsp3) is 0.300. The second-order valence-corrected chi connectivity index (χ2v) is 5.29. The minimum absolute atomic E-state index is 0.107. The second kappa shape index (κ2) is 3.53. The summed E-state index contributed by atoms with van der Waals surface area (Å²) in [4.78, 5) is 11.0. The van der Waals surface area contributed by atoms with Gasteiger partial charge in [-0.1, -0.05) is 17.7 Å². The summed E-state index contributed by atoms with van der Waals surface area (Å²) in [5.41, 5.74) is 1.59.